The van der Waals surface area contributed by atoms with Gasteiger partial charge in [0.05, 0.1) is 26.3 Å². The van der Waals surface area contributed by atoms with E-state index in [1.165, 1.54) is 14.2 Å². The van der Waals surface area contributed by atoms with Crippen molar-refractivity contribution in [3.8, 4) is 11.5 Å². The summed E-state index contributed by atoms with van der Waals surface area (Å²) in [5, 5.41) is 15.3. The van der Waals surface area contributed by atoms with Crippen molar-refractivity contribution >= 4 is 17.6 Å². The Hall–Kier alpha value is -2.32. The number of hydrogen-bond acceptors (Lipinski definition) is 6. The van der Waals surface area contributed by atoms with Gasteiger partial charge in [0.1, 0.15) is 17.5 Å². The van der Waals surface area contributed by atoms with E-state index in [9.17, 15) is 14.7 Å². The summed E-state index contributed by atoms with van der Waals surface area (Å²) in [5.41, 5.74) is 0.450. The van der Waals surface area contributed by atoms with Crippen LogP contribution in [0.5, 0.6) is 11.5 Å². The summed E-state index contributed by atoms with van der Waals surface area (Å²) in [4.78, 5) is 25.7. The third-order valence-electron chi connectivity index (χ3n) is 3.94. The van der Waals surface area contributed by atoms with E-state index in [1.54, 1.807) is 23.1 Å². The van der Waals surface area contributed by atoms with Gasteiger partial charge in [-0.2, -0.15) is 0 Å². The van der Waals surface area contributed by atoms with Crippen molar-refractivity contribution in [2.45, 2.75) is 12.5 Å². The minimum atomic E-state index is -0.996. The van der Waals surface area contributed by atoms with Crippen molar-refractivity contribution in [3.63, 3.8) is 0 Å². The zero-order chi connectivity index (χ0) is 17.5. The van der Waals surface area contributed by atoms with E-state index >= 15 is 0 Å². The highest BCUT2D eigenvalue weighted by Gasteiger charge is 2.29. The number of amides is 1. The second kappa shape index (κ2) is 8.51. The topological polar surface area (TPSA) is 100 Å². The first-order valence-electron chi connectivity index (χ1n) is 7.74. The lowest BCUT2D eigenvalue weighted by atomic mass is 10.1. The summed E-state index contributed by atoms with van der Waals surface area (Å²) in [5.74, 6) is -0.321. The van der Waals surface area contributed by atoms with Crippen LogP contribution in [0.3, 0.4) is 0 Å². The molecular weight excluding hydrogens is 314 g/mol. The number of rotatable bonds is 7. The molecule has 3 N–H and O–H groups in total. The molecule has 0 bridgehead atoms. The van der Waals surface area contributed by atoms with Gasteiger partial charge in [0, 0.05) is 32.2 Å². The molecule has 0 aromatic heterocycles. The Labute approximate surface area is 140 Å². The molecule has 0 radical (unpaired) electrons. The molecule has 0 spiro atoms. The molecule has 0 saturated carbocycles. The van der Waals surface area contributed by atoms with E-state index in [-0.39, 0.29) is 12.3 Å². The SMILES string of the molecule is COc1ccc(OC)c(NC(=O)C[C@H](C(=O)O)N2CCNCC2)c1. The maximum absolute atomic E-state index is 12.3. The monoisotopic (exact) mass is 337 g/mol. The van der Waals surface area contributed by atoms with Gasteiger partial charge in [-0.1, -0.05) is 0 Å². The van der Waals surface area contributed by atoms with Crippen molar-refractivity contribution in [2.24, 2.45) is 0 Å². The van der Waals surface area contributed by atoms with Gasteiger partial charge < -0.3 is 25.2 Å². The molecule has 1 aromatic rings. The fourth-order valence-corrected chi connectivity index (χ4v) is 2.65. The predicted octanol–water partition coefficient (Wildman–Crippen LogP) is 0.391. The van der Waals surface area contributed by atoms with Crippen LogP contribution in [0.25, 0.3) is 0 Å². The molecule has 1 heterocycles. The minimum absolute atomic E-state index is 0.129. The number of carboxylic acids is 1. The summed E-state index contributed by atoms with van der Waals surface area (Å²) in [6.45, 7) is 2.64. The standard InChI is InChI=1S/C16H23N3O5/c1-23-11-3-4-14(24-2)12(9-11)18-15(20)10-13(16(21)22)19-7-5-17-6-8-19/h3-4,9,13,17H,5-8,10H2,1-2H3,(H,18,20)(H,21,22)/t13-/m1/s1. The van der Waals surface area contributed by atoms with Gasteiger partial charge in [-0.25, -0.2) is 0 Å². The number of piperazine rings is 1. The lowest BCUT2D eigenvalue weighted by Crippen LogP contribution is -2.52. The highest BCUT2D eigenvalue weighted by Crippen LogP contribution is 2.29. The number of carbonyl (C=O) groups excluding carboxylic acids is 1. The molecule has 8 nitrogen and oxygen atoms in total. The first kappa shape index (κ1) is 18.0. The minimum Gasteiger partial charge on any atom is -0.497 e. The molecule has 0 aliphatic carbocycles. The number of nitrogens with one attached hydrogen (secondary N) is 2. The number of nitrogens with zero attached hydrogens (tertiary/aromatic N) is 1. The molecule has 1 aliphatic heterocycles. The molecule has 1 amide bonds. The van der Waals surface area contributed by atoms with E-state index in [0.717, 1.165) is 13.1 Å². The number of methoxy groups -OCH3 is 2. The van der Waals surface area contributed by atoms with E-state index in [1.807, 2.05) is 0 Å². The van der Waals surface area contributed by atoms with Crippen molar-refractivity contribution < 1.29 is 24.2 Å². The summed E-state index contributed by atoms with van der Waals surface area (Å²) in [6.07, 6.45) is -0.129. The maximum atomic E-state index is 12.3. The molecule has 1 fully saturated rings. The molecule has 0 unspecified atom stereocenters. The molecule has 8 heteroatoms. The van der Waals surface area contributed by atoms with Gasteiger partial charge in [-0.05, 0) is 12.1 Å². The van der Waals surface area contributed by atoms with Crippen molar-refractivity contribution in [2.75, 3.05) is 45.7 Å². The number of carboxylic acid groups (broad SMARTS) is 1. The van der Waals surface area contributed by atoms with Crippen molar-refractivity contribution in [1.82, 2.24) is 10.2 Å². The van der Waals surface area contributed by atoms with Crippen LogP contribution in [0.4, 0.5) is 5.69 Å². The molecule has 24 heavy (non-hydrogen) atoms. The molecule has 1 saturated heterocycles. The van der Waals surface area contributed by atoms with Gasteiger partial charge in [-0.3, -0.25) is 14.5 Å². The summed E-state index contributed by atoms with van der Waals surface area (Å²) >= 11 is 0. The maximum Gasteiger partial charge on any atom is 0.321 e. The van der Waals surface area contributed by atoms with Crippen LogP contribution in [0.1, 0.15) is 6.42 Å². The number of carbonyl (C=O) groups is 2. The van der Waals surface area contributed by atoms with Gasteiger partial charge in [0.15, 0.2) is 0 Å². The van der Waals surface area contributed by atoms with Gasteiger partial charge in [0.25, 0.3) is 0 Å². The number of aliphatic carboxylic acids is 1. The van der Waals surface area contributed by atoms with E-state index in [0.29, 0.717) is 30.3 Å². The third-order valence-corrected chi connectivity index (χ3v) is 3.94. The lowest BCUT2D eigenvalue weighted by molar-refractivity contribution is -0.145. The average molecular weight is 337 g/mol. The molecule has 1 aliphatic rings. The Kier molecular flexibility index (Phi) is 6.39. The van der Waals surface area contributed by atoms with Gasteiger partial charge in [-0.15, -0.1) is 0 Å². The first-order valence-corrected chi connectivity index (χ1v) is 7.74. The highest BCUT2D eigenvalue weighted by atomic mass is 16.5. The summed E-state index contributed by atoms with van der Waals surface area (Å²) in [6, 6.07) is 4.19. The van der Waals surface area contributed by atoms with Crippen LogP contribution < -0.4 is 20.1 Å². The van der Waals surface area contributed by atoms with E-state index < -0.39 is 12.0 Å². The fraction of sp³-hybridized carbons (Fsp3) is 0.500. The normalized spacial score (nSPS) is 16.2. The average Bonchev–Trinajstić information content (AvgIpc) is 2.60. The van der Waals surface area contributed by atoms with Crippen LogP contribution in [-0.4, -0.2) is 68.3 Å². The number of anilines is 1. The summed E-state index contributed by atoms with van der Waals surface area (Å²) < 4.78 is 10.3. The molecular formula is C16H23N3O5. The number of ether oxygens (including phenoxy) is 2. The smallest absolute Gasteiger partial charge is 0.321 e. The Balaban J connectivity index is 2.06. The van der Waals surface area contributed by atoms with Crippen molar-refractivity contribution in [3.05, 3.63) is 18.2 Å². The van der Waals surface area contributed by atoms with Crippen LogP contribution in [0.2, 0.25) is 0 Å². The van der Waals surface area contributed by atoms with Crippen molar-refractivity contribution in [1.29, 1.82) is 0 Å². The van der Waals surface area contributed by atoms with E-state index in [2.05, 4.69) is 10.6 Å². The molecule has 2 rings (SSSR count). The van der Waals surface area contributed by atoms with E-state index in [4.69, 9.17) is 9.47 Å². The van der Waals surface area contributed by atoms with Gasteiger partial charge >= 0.3 is 5.97 Å². The molecule has 1 aromatic carbocycles. The van der Waals surface area contributed by atoms with Crippen LogP contribution in [0.15, 0.2) is 18.2 Å². The second-order valence-electron chi connectivity index (χ2n) is 5.46. The second-order valence-corrected chi connectivity index (χ2v) is 5.46. The first-order chi connectivity index (χ1) is 11.5. The molecule has 132 valence electrons. The third kappa shape index (κ3) is 4.59. The Morgan fingerprint density at radius 2 is 2.00 bits per heavy atom. The highest BCUT2D eigenvalue weighted by molar-refractivity contribution is 5.95. The van der Waals surface area contributed by atoms with Crippen LogP contribution in [0, 0.1) is 0 Å². The van der Waals surface area contributed by atoms with Gasteiger partial charge in [0.2, 0.25) is 5.91 Å². The quantitative estimate of drug-likeness (QED) is 0.662. The Bertz CT molecular complexity index is 587. The van der Waals surface area contributed by atoms with Crippen LogP contribution in [-0.2, 0) is 9.59 Å². The fourth-order valence-electron chi connectivity index (χ4n) is 2.65. The predicted molar refractivity (Wildman–Crippen MR) is 88.7 cm³/mol. The molecule has 1 atom stereocenters. The Morgan fingerprint density at radius 1 is 1.29 bits per heavy atom. The largest absolute Gasteiger partial charge is 0.497 e. The zero-order valence-electron chi connectivity index (χ0n) is 13.9. The van der Waals surface area contributed by atoms with Crippen LogP contribution >= 0.6 is 0 Å². The lowest BCUT2D eigenvalue weighted by Gasteiger charge is -2.32. The zero-order valence-corrected chi connectivity index (χ0v) is 13.9. The number of hydrogen-bond donors (Lipinski definition) is 3. The Morgan fingerprint density at radius 3 is 2.58 bits per heavy atom. The number of benzene rings is 1. The summed E-state index contributed by atoms with van der Waals surface area (Å²) in [7, 11) is 3.02.